The summed E-state index contributed by atoms with van der Waals surface area (Å²) in [6.07, 6.45) is -0.146. The largest absolute Gasteiger partial charge is 0.481 e. The molecule has 4 unspecified atom stereocenters. The van der Waals surface area contributed by atoms with Crippen LogP contribution in [0, 0.1) is 5.92 Å². The lowest BCUT2D eigenvalue weighted by Gasteiger charge is -2.24. The number of nitrogens with zero attached hydrogens (tertiary/aromatic N) is 1. The zero-order valence-electron chi connectivity index (χ0n) is 19.9. The van der Waals surface area contributed by atoms with Crippen molar-refractivity contribution in [1.82, 2.24) is 16.0 Å². The van der Waals surface area contributed by atoms with Gasteiger partial charge in [0.1, 0.15) is 18.1 Å². The van der Waals surface area contributed by atoms with E-state index in [2.05, 4.69) is 20.9 Å². The second-order valence-corrected chi connectivity index (χ2v) is 8.32. The maximum atomic E-state index is 12.8. The fraction of sp³-hybridized carbons (Fsp3) is 0.700. The van der Waals surface area contributed by atoms with Crippen LogP contribution in [0.5, 0.6) is 0 Å². The van der Waals surface area contributed by atoms with Crippen molar-refractivity contribution in [2.75, 3.05) is 13.2 Å². The van der Waals surface area contributed by atoms with Gasteiger partial charge in [-0.15, -0.1) is 0 Å². The van der Waals surface area contributed by atoms with E-state index in [9.17, 15) is 34.2 Å². The second-order valence-electron chi connectivity index (χ2n) is 8.32. The Morgan fingerprint density at radius 3 is 1.89 bits per heavy atom. The van der Waals surface area contributed by atoms with E-state index >= 15 is 0 Å². The molecule has 0 aliphatic carbocycles. The molecule has 35 heavy (non-hydrogen) atoms. The van der Waals surface area contributed by atoms with Gasteiger partial charge in [0, 0.05) is 13.0 Å². The van der Waals surface area contributed by atoms with Gasteiger partial charge < -0.3 is 48.5 Å². The van der Waals surface area contributed by atoms with Crippen molar-refractivity contribution in [3.8, 4) is 0 Å². The Labute approximate surface area is 202 Å². The molecule has 0 aliphatic rings. The molecule has 0 spiro atoms. The van der Waals surface area contributed by atoms with E-state index < -0.39 is 60.4 Å². The van der Waals surface area contributed by atoms with Crippen LogP contribution in [-0.4, -0.2) is 88.3 Å². The summed E-state index contributed by atoms with van der Waals surface area (Å²) >= 11 is 0. The average Bonchev–Trinajstić information content (AvgIpc) is 2.76. The molecule has 0 aromatic rings. The van der Waals surface area contributed by atoms with Crippen LogP contribution in [-0.2, 0) is 24.0 Å². The maximum absolute atomic E-state index is 12.8. The molecule has 12 N–H and O–H groups in total. The lowest BCUT2D eigenvalue weighted by Crippen LogP contribution is -2.58. The number of nitrogens with two attached hydrogens (primary N) is 3. The third kappa shape index (κ3) is 13.7. The number of nitrogens with one attached hydrogen (secondary N) is 3. The number of carboxylic acids is 2. The van der Waals surface area contributed by atoms with Crippen LogP contribution in [0.15, 0.2) is 4.99 Å². The van der Waals surface area contributed by atoms with Crippen molar-refractivity contribution >= 4 is 35.6 Å². The summed E-state index contributed by atoms with van der Waals surface area (Å²) < 4.78 is 0. The van der Waals surface area contributed by atoms with Crippen LogP contribution in [0.3, 0.4) is 0 Å². The number of carboxylic acid groups (broad SMARTS) is 2. The first-order chi connectivity index (χ1) is 16.3. The van der Waals surface area contributed by atoms with Crippen LogP contribution >= 0.6 is 0 Å². The molecule has 15 nitrogen and oxygen atoms in total. The Kier molecular flexibility index (Phi) is 14.6. The molecule has 0 bridgehead atoms. The minimum atomic E-state index is -1.49. The number of hydrogen-bond acceptors (Lipinski definition) is 8. The fourth-order valence-electron chi connectivity index (χ4n) is 2.89. The number of aliphatic hydroxyl groups excluding tert-OH is 1. The van der Waals surface area contributed by atoms with Gasteiger partial charge in [0.2, 0.25) is 17.7 Å². The Morgan fingerprint density at radius 2 is 1.40 bits per heavy atom. The molecule has 0 aromatic heterocycles. The van der Waals surface area contributed by atoms with Gasteiger partial charge in [0.15, 0.2) is 5.96 Å². The van der Waals surface area contributed by atoms with E-state index in [1.54, 1.807) is 13.8 Å². The lowest BCUT2D eigenvalue weighted by molar-refractivity contribution is -0.143. The molecular weight excluding hydrogens is 466 g/mol. The highest BCUT2D eigenvalue weighted by Gasteiger charge is 2.30. The van der Waals surface area contributed by atoms with E-state index in [1.807, 2.05) is 0 Å². The van der Waals surface area contributed by atoms with E-state index in [-0.39, 0.29) is 50.5 Å². The molecule has 0 saturated heterocycles. The molecule has 0 aliphatic heterocycles. The second kappa shape index (κ2) is 16.2. The number of aliphatic imine (C=N–C) groups is 1. The van der Waals surface area contributed by atoms with Crippen LogP contribution in [0.2, 0.25) is 0 Å². The molecule has 0 fully saturated rings. The monoisotopic (exact) mass is 503 g/mol. The first-order valence-electron chi connectivity index (χ1n) is 11.1. The molecule has 15 heteroatoms. The molecular formula is C20H37N7O8. The number of carbonyl (C=O) groups excluding carboxylic acids is 3. The Balaban J connectivity index is 5.38. The molecule has 0 aromatic carbocycles. The molecule has 3 amide bonds. The van der Waals surface area contributed by atoms with E-state index in [4.69, 9.17) is 22.3 Å². The van der Waals surface area contributed by atoms with Crippen molar-refractivity contribution in [3.05, 3.63) is 0 Å². The van der Waals surface area contributed by atoms with Crippen LogP contribution < -0.4 is 33.2 Å². The topological polar surface area (TPSA) is 273 Å². The zero-order valence-corrected chi connectivity index (χ0v) is 19.9. The quantitative estimate of drug-likeness (QED) is 0.0541. The number of guanidine groups is 1. The van der Waals surface area contributed by atoms with Gasteiger partial charge in [-0.2, -0.15) is 0 Å². The zero-order chi connectivity index (χ0) is 27.1. The maximum Gasteiger partial charge on any atom is 0.326 e. The number of aliphatic carboxylic acids is 2. The summed E-state index contributed by atoms with van der Waals surface area (Å²) in [5.41, 5.74) is 16.1. The van der Waals surface area contributed by atoms with Gasteiger partial charge in [-0.05, 0) is 31.6 Å². The van der Waals surface area contributed by atoms with Crippen molar-refractivity contribution in [2.45, 2.75) is 70.1 Å². The minimum Gasteiger partial charge on any atom is -0.481 e. The number of amides is 3. The summed E-state index contributed by atoms with van der Waals surface area (Å²) in [6.45, 7) is 2.87. The van der Waals surface area contributed by atoms with Gasteiger partial charge in [-0.1, -0.05) is 13.8 Å². The minimum absolute atomic E-state index is 0.0204. The van der Waals surface area contributed by atoms with Crippen LogP contribution in [0.1, 0.15) is 46.0 Å². The third-order valence-electron chi connectivity index (χ3n) is 4.72. The number of carbonyl (C=O) groups is 5. The predicted octanol–water partition coefficient (Wildman–Crippen LogP) is -3.19. The van der Waals surface area contributed by atoms with Crippen LogP contribution in [0.4, 0.5) is 0 Å². The highest BCUT2D eigenvalue weighted by Crippen LogP contribution is 2.07. The Morgan fingerprint density at radius 1 is 0.857 bits per heavy atom. The van der Waals surface area contributed by atoms with Crippen molar-refractivity contribution in [1.29, 1.82) is 0 Å². The number of hydrogen-bond donors (Lipinski definition) is 9. The molecule has 0 rings (SSSR count). The SMILES string of the molecule is CC(C)CC(NC(=O)C(CCCN=C(N)N)NC(=O)C(CO)NC(=O)C(N)CCC(=O)O)C(=O)O. The summed E-state index contributed by atoms with van der Waals surface area (Å²) in [6, 6.07) is -5.14. The predicted molar refractivity (Wildman–Crippen MR) is 125 cm³/mol. The number of aliphatic hydroxyl groups is 1. The molecule has 0 heterocycles. The van der Waals surface area contributed by atoms with Crippen molar-refractivity contribution < 1.29 is 39.3 Å². The van der Waals surface area contributed by atoms with Gasteiger partial charge in [-0.25, -0.2) is 4.79 Å². The smallest absolute Gasteiger partial charge is 0.326 e. The van der Waals surface area contributed by atoms with Crippen molar-refractivity contribution in [2.24, 2.45) is 28.1 Å². The highest BCUT2D eigenvalue weighted by molar-refractivity contribution is 5.94. The first kappa shape index (κ1) is 31.5. The summed E-state index contributed by atoms with van der Waals surface area (Å²) in [5.74, 6) is -5.17. The summed E-state index contributed by atoms with van der Waals surface area (Å²) in [5, 5.41) is 34.6. The molecule has 4 atom stereocenters. The molecule has 0 radical (unpaired) electrons. The van der Waals surface area contributed by atoms with Gasteiger partial charge in [0.25, 0.3) is 0 Å². The summed E-state index contributed by atoms with van der Waals surface area (Å²) in [4.78, 5) is 63.5. The van der Waals surface area contributed by atoms with Crippen LogP contribution in [0.25, 0.3) is 0 Å². The molecule has 200 valence electrons. The van der Waals surface area contributed by atoms with Gasteiger partial charge in [-0.3, -0.25) is 24.2 Å². The van der Waals surface area contributed by atoms with E-state index in [0.29, 0.717) is 0 Å². The Bertz CT molecular complexity index is 771. The Hall–Kier alpha value is -3.46. The van der Waals surface area contributed by atoms with E-state index in [0.717, 1.165) is 0 Å². The normalized spacial score (nSPS) is 14.2. The summed E-state index contributed by atoms with van der Waals surface area (Å²) in [7, 11) is 0. The number of rotatable bonds is 17. The standard InChI is InChI=1S/C20H37N7O8/c1-10(2)8-13(19(34)35)26-17(32)12(4-3-7-24-20(22)23)25-18(33)14(9-28)27-16(31)11(21)5-6-15(29)30/h10-14,28H,3-9,21H2,1-2H3,(H,25,33)(H,26,32)(H,27,31)(H,29,30)(H,34,35)(H4,22,23,24). The average molecular weight is 504 g/mol. The lowest BCUT2D eigenvalue weighted by atomic mass is 10.0. The van der Waals surface area contributed by atoms with Crippen molar-refractivity contribution in [3.63, 3.8) is 0 Å². The first-order valence-corrected chi connectivity index (χ1v) is 11.1. The molecule has 0 saturated carbocycles. The fourth-order valence-corrected chi connectivity index (χ4v) is 2.89. The van der Waals surface area contributed by atoms with Gasteiger partial charge in [0.05, 0.1) is 12.6 Å². The van der Waals surface area contributed by atoms with E-state index in [1.165, 1.54) is 0 Å². The van der Waals surface area contributed by atoms with Gasteiger partial charge >= 0.3 is 11.9 Å². The highest BCUT2D eigenvalue weighted by atomic mass is 16.4. The third-order valence-corrected chi connectivity index (χ3v) is 4.72.